The summed E-state index contributed by atoms with van der Waals surface area (Å²) in [5.41, 5.74) is 5.94. The first-order chi connectivity index (χ1) is 29.6. The van der Waals surface area contributed by atoms with Crippen molar-refractivity contribution in [2.24, 2.45) is 0 Å². The van der Waals surface area contributed by atoms with Crippen molar-refractivity contribution in [2.75, 3.05) is 31.9 Å². The monoisotopic (exact) mass is 812 g/mol. The molecule has 0 aliphatic rings. The molecule has 61 heavy (non-hydrogen) atoms. The van der Waals surface area contributed by atoms with Gasteiger partial charge in [0.05, 0.1) is 0 Å². The third kappa shape index (κ3) is 12.7. The largest absolute Gasteiger partial charge is 0.326 e. The summed E-state index contributed by atoms with van der Waals surface area (Å²) in [6, 6.07) is 53.6. The van der Waals surface area contributed by atoms with E-state index in [1.54, 1.807) is 152 Å². The number of hydrogen-bond acceptors (Lipinski definition) is 6. The van der Waals surface area contributed by atoms with Gasteiger partial charge in [-0.05, 0) is 127 Å². The molecule has 0 saturated carbocycles. The second kappa shape index (κ2) is 20.7. The normalized spacial score (nSPS) is 10.1. The summed E-state index contributed by atoms with van der Waals surface area (Å²) in [6.07, 6.45) is 0. The number of carbonyl (C=O) groups excluding carboxylic acids is 6. The summed E-state index contributed by atoms with van der Waals surface area (Å²) < 4.78 is 0. The van der Waals surface area contributed by atoms with E-state index in [1.807, 2.05) is 30.3 Å². The van der Waals surface area contributed by atoms with Gasteiger partial charge in [-0.15, -0.1) is 0 Å². The van der Waals surface area contributed by atoms with Gasteiger partial charge in [-0.25, -0.2) is 0 Å². The molecule has 0 atom stereocenters. The minimum Gasteiger partial charge on any atom is -0.326 e. The summed E-state index contributed by atoms with van der Waals surface area (Å²) in [7, 11) is 0. The third-order valence-corrected chi connectivity index (χ3v) is 8.76. The number of hydrogen-bond donors (Lipinski definition) is 6. The molecule has 0 saturated heterocycles. The number of rotatable bonds is 11. The van der Waals surface area contributed by atoms with Crippen LogP contribution in [0.5, 0.6) is 0 Å². The van der Waals surface area contributed by atoms with Gasteiger partial charge >= 0.3 is 0 Å². The molecule has 306 valence electrons. The molecule has 12 heteroatoms. The molecule has 0 unspecified atom stereocenters. The molecule has 0 radical (unpaired) electrons. The summed E-state index contributed by atoms with van der Waals surface area (Å²) in [5.74, 6) is -1.51. The second-order valence-corrected chi connectivity index (χ2v) is 13.4. The molecular formula is C49H44N6O6. The van der Waals surface area contributed by atoms with Crippen LogP contribution in [0.15, 0.2) is 188 Å². The molecule has 0 aliphatic heterocycles. The Hall–Kier alpha value is -8.64. The van der Waals surface area contributed by atoms with E-state index in [-0.39, 0.29) is 38.3 Å². The van der Waals surface area contributed by atoms with E-state index in [0.717, 1.165) is 0 Å². The van der Waals surface area contributed by atoms with Crippen LogP contribution in [-0.4, -0.2) is 35.4 Å². The molecule has 0 fully saturated rings. The van der Waals surface area contributed by atoms with Crippen LogP contribution in [0.25, 0.3) is 0 Å². The van der Waals surface area contributed by atoms with Crippen LogP contribution in [0.1, 0.15) is 61.6 Å². The van der Waals surface area contributed by atoms with Gasteiger partial charge in [-0.3, -0.25) is 28.8 Å². The smallest absolute Gasteiger partial charge is 0.255 e. The fraction of sp³-hybridized carbons (Fsp3) is 0.0204. The van der Waals surface area contributed by atoms with Crippen LogP contribution < -0.4 is 31.9 Å². The first-order valence-electron chi connectivity index (χ1n) is 19.0. The number of carbonyl (C=O) groups is 6. The van der Waals surface area contributed by atoms with Crippen LogP contribution >= 0.6 is 0 Å². The lowest BCUT2D eigenvalue weighted by Crippen LogP contribution is -2.16. The molecule has 7 rings (SSSR count). The molecule has 0 heterocycles. The lowest BCUT2D eigenvalue weighted by Gasteiger charge is -2.10. The number of amides is 6. The summed E-state index contributed by atoms with van der Waals surface area (Å²) in [6.45, 7) is 1.45. The molecule has 0 aliphatic carbocycles. The average molecular weight is 813 g/mol. The molecular weight excluding hydrogens is 769 g/mol. The van der Waals surface area contributed by atoms with Gasteiger partial charge in [0.25, 0.3) is 29.5 Å². The highest BCUT2D eigenvalue weighted by molar-refractivity contribution is 6.09. The summed E-state index contributed by atoms with van der Waals surface area (Å²) in [5, 5.41) is 16.7. The first-order valence-corrected chi connectivity index (χ1v) is 19.0. The predicted octanol–water partition coefficient (Wildman–Crippen LogP) is 10.1. The molecule has 6 amide bonds. The first kappa shape index (κ1) is 42.0. The molecule has 0 spiro atoms. The van der Waals surface area contributed by atoms with Crippen molar-refractivity contribution < 1.29 is 31.6 Å². The summed E-state index contributed by atoms with van der Waals surface area (Å²) >= 11 is 0. The number of benzene rings is 7. The van der Waals surface area contributed by atoms with E-state index in [1.165, 1.54) is 13.0 Å². The Balaban J connectivity index is 0.000000349. The van der Waals surface area contributed by atoms with Gasteiger partial charge in [0.1, 0.15) is 0 Å². The third-order valence-electron chi connectivity index (χ3n) is 8.76. The van der Waals surface area contributed by atoms with Crippen molar-refractivity contribution in [2.45, 2.75) is 6.92 Å². The molecule has 12 nitrogen and oxygen atoms in total. The molecule has 0 bridgehead atoms. The molecule has 7 aromatic rings. The Bertz CT molecular complexity index is 2510. The Kier molecular flexibility index (Phi) is 14.2. The number of anilines is 6. The minimum atomic E-state index is -0.385. The van der Waals surface area contributed by atoms with Crippen molar-refractivity contribution >= 4 is 69.6 Å². The summed E-state index contributed by atoms with van der Waals surface area (Å²) in [4.78, 5) is 73.2. The molecule has 6 N–H and O–H groups in total. The van der Waals surface area contributed by atoms with E-state index >= 15 is 0 Å². The van der Waals surface area contributed by atoms with Crippen LogP contribution in [0.3, 0.4) is 0 Å². The maximum atomic E-state index is 12.9. The van der Waals surface area contributed by atoms with Gasteiger partial charge in [-0.2, -0.15) is 0 Å². The fourth-order valence-corrected chi connectivity index (χ4v) is 5.70. The van der Waals surface area contributed by atoms with Gasteiger partial charge in [0.15, 0.2) is 0 Å². The van der Waals surface area contributed by atoms with E-state index < -0.39 is 0 Å². The zero-order valence-corrected chi connectivity index (χ0v) is 32.8. The highest BCUT2D eigenvalue weighted by atomic mass is 16.2. The van der Waals surface area contributed by atoms with E-state index in [0.29, 0.717) is 61.9 Å². The Morgan fingerprint density at radius 1 is 0.279 bits per heavy atom. The van der Waals surface area contributed by atoms with Crippen molar-refractivity contribution in [3.8, 4) is 0 Å². The topological polar surface area (TPSA) is 175 Å². The minimum absolute atomic E-state index is 0. The zero-order valence-electron chi connectivity index (χ0n) is 32.8. The van der Waals surface area contributed by atoms with Crippen molar-refractivity contribution in [1.82, 2.24) is 0 Å². The lowest BCUT2D eigenvalue weighted by molar-refractivity contribution is -0.114. The van der Waals surface area contributed by atoms with Gasteiger partial charge in [0, 0.05) is 71.7 Å². The van der Waals surface area contributed by atoms with Gasteiger partial charge < -0.3 is 31.9 Å². The van der Waals surface area contributed by atoms with Gasteiger partial charge in [0.2, 0.25) is 5.91 Å². The second-order valence-electron chi connectivity index (χ2n) is 13.4. The Morgan fingerprint density at radius 3 is 0.738 bits per heavy atom. The quantitative estimate of drug-likeness (QED) is 0.0758. The standard InChI is InChI=1S/C34H26N4O4.C15H14N2O2.2H2/c39-31(23-8-3-1-4-9-23)35-27-14-18-29(19-15-27)37-33(41)25-12-7-13-26(22-25)34(42)38-30-20-16-28(17-21-30)36-32(40)24-10-5-2-6-11-24;1-11(18)16-13-7-9-14(10-8-13)17-15(19)12-5-3-2-4-6-12;;/h1-22H,(H,35,39)(H,36,40)(H,37,41)(H,38,42);2-10H,1H3,(H,16,18)(H,17,19);2*1H. The molecule has 0 aromatic heterocycles. The highest BCUT2D eigenvalue weighted by Gasteiger charge is 2.13. The Morgan fingerprint density at radius 2 is 0.492 bits per heavy atom. The molecule has 7 aromatic carbocycles. The average Bonchev–Trinajstić information content (AvgIpc) is 3.29. The lowest BCUT2D eigenvalue weighted by atomic mass is 10.1. The maximum absolute atomic E-state index is 12.9. The van der Waals surface area contributed by atoms with E-state index in [4.69, 9.17) is 0 Å². The predicted molar refractivity (Wildman–Crippen MR) is 243 cm³/mol. The Labute approximate surface area is 355 Å². The van der Waals surface area contributed by atoms with Crippen LogP contribution in [0, 0.1) is 0 Å². The van der Waals surface area contributed by atoms with Crippen LogP contribution in [-0.2, 0) is 4.79 Å². The fourth-order valence-electron chi connectivity index (χ4n) is 5.70. The zero-order chi connectivity index (χ0) is 43.0. The maximum Gasteiger partial charge on any atom is 0.255 e. The van der Waals surface area contributed by atoms with Gasteiger partial charge in [-0.1, -0.05) is 60.7 Å². The van der Waals surface area contributed by atoms with E-state index in [9.17, 15) is 28.8 Å². The SMILES string of the molecule is CC(=O)Nc1ccc(NC(=O)c2ccccc2)cc1.O=C(Nc1ccc(NC(=O)c2cccc(C(=O)Nc3ccc(NC(=O)c4ccccc4)cc3)c2)cc1)c1ccccc1.[HH].[HH]. The number of nitrogens with one attached hydrogen (secondary N) is 6. The highest BCUT2D eigenvalue weighted by Crippen LogP contribution is 2.19. The van der Waals surface area contributed by atoms with Crippen molar-refractivity contribution in [3.05, 3.63) is 216 Å². The van der Waals surface area contributed by atoms with Crippen molar-refractivity contribution in [3.63, 3.8) is 0 Å². The van der Waals surface area contributed by atoms with Crippen molar-refractivity contribution in [1.29, 1.82) is 0 Å². The van der Waals surface area contributed by atoms with Crippen LogP contribution in [0.4, 0.5) is 34.1 Å². The van der Waals surface area contributed by atoms with Crippen LogP contribution in [0.2, 0.25) is 0 Å². The van der Waals surface area contributed by atoms with E-state index in [2.05, 4.69) is 31.9 Å².